The molecule has 7 heteroatoms. The molecule has 0 spiro atoms. The first-order valence-corrected chi connectivity index (χ1v) is 6.80. The number of carbonyl (C=O) groups is 1. The summed E-state index contributed by atoms with van der Waals surface area (Å²) in [6.45, 7) is 0. The molecule has 0 aliphatic carbocycles. The molecular formula is C14H9F3INO2. The zero-order valence-electron chi connectivity index (χ0n) is 10.7. The first-order chi connectivity index (χ1) is 9.93. The van der Waals surface area contributed by atoms with E-state index in [-0.39, 0.29) is 11.3 Å². The van der Waals surface area contributed by atoms with Crippen LogP contribution in [0.1, 0.15) is 10.4 Å². The summed E-state index contributed by atoms with van der Waals surface area (Å²) in [6, 6.07) is 6.04. The van der Waals surface area contributed by atoms with Gasteiger partial charge in [-0.25, -0.2) is 18.0 Å². The van der Waals surface area contributed by atoms with Gasteiger partial charge in [-0.05, 0) is 52.9 Å². The second kappa shape index (κ2) is 6.33. The van der Waals surface area contributed by atoms with Crippen molar-refractivity contribution in [1.82, 2.24) is 0 Å². The van der Waals surface area contributed by atoms with Crippen LogP contribution in [0.25, 0.3) is 0 Å². The Bertz CT molecular complexity index is 707. The molecule has 0 fully saturated rings. The third-order valence-corrected chi connectivity index (χ3v) is 3.36. The predicted molar refractivity (Wildman–Crippen MR) is 80.1 cm³/mol. The fourth-order valence-corrected chi connectivity index (χ4v) is 2.13. The molecule has 21 heavy (non-hydrogen) atoms. The average Bonchev–Trinajstić information content (AvgIpc) is 2.45. The van der Waals surface area contributed by atoms with Crippen LogP contribution >= 0.6 is 22.6 Å². The third-order valence-electron chi connectivity index (χ3n) is 2.69. The lowest BCUT2D eigenvalue weighted by molar-refractivity contribution is 0.0601. The van der Waals surface area contributed by atoms with Crippen LogP contribution in [0.15, 0.2) is 30.3 Å². The Balaban J connectivity index is 2.51. The van der Waals surface area contributed by atoms with E-state index in [4.69, 9.17) is 0 Å². The molecule has 0 aromatic heterocycles. The van der Waals surface area contributed by atoms with Gasteiger partial charge in [0.15, 0.2) is 11.6 Å². The van der Waals surface area contributed by atoms with E-state index >= 15 is 0 Å². The van der Waals surface area contributed by atoms with Gasteiger partial charge in [-0.15, -0.1) is 0 Å². The molecule has 2 aromatic carbocycles. The SMILES string of the molecule is COC(=O)c1ccc(F)c(F)c1Nc1ccc(I)cc1F. The van der Waals surface area contributed by atoms with E-state index < -0.39 is 29.1 Å². The van der Waals surface area contributed by atoms with Gasteiger partial charge in [0, 0.05) is 3.57 Å². The molecule has 0 unspecified atom stereocenters. The molecule has 110 valence electrons. The van der Waals surface area contributed by atoms with Gasteiger partial charge in [0.1, 0.15) is 5.82 Å². The summed E-state index contributed by atoms with van der Waals surface area (Å²) >= 11 is 1.91. The van der Waals surface area contributed by atoms with Crippen LogP contribution in [0.4, 0.5) is 24.5 Å². The van der Waals surface area contributed by atoms with E-state index in [1.165, 1.54) is 12.1 Å². The molecule has 2 rings (SSSR count). The summed E-state index contributed by atoms with van der Waals surface area (Å²) in [5.74, 6) is -3.95. The minimum atomic E-state index is -1.28. The molecule has 0 radical (unpaired) electrons. The average molecular weight is 407 g/mol. The number of nitrogens with one attached hydrogen (secondary N) is 1. The second-order valence-corrected chi connectivity index (χ2v) is 5.27. The van der Waals surface area contributed by atoms with Gasteiger partial charge in [0.05, 0.1) is 24.0 Å². The summed E-state index contributed by atoms with van der Waals surface area (Å²) < 4.78 is 46.1. The van der Waals surface area contributed by atoms with Gasteiger partial charge < -0.3 is 10.1 Å². The van der Waals surface area contributed by atoms with Crippen LogP contribution in [0, 0.1) is 21.0 Å². The maximum atomic E-state index is 13.9. The number of rotatable bonds is 3. The standard InChI is InChI=1S/C14H9F3INO2/c1-21-14(20)8-3-4-9(15)12(17)13(8)19-11-5-2-7(18)6-10(11)16/h2-6,19H,1H3. The predicted octanol–water partition coefficient (Wildman–Crippen LogP) is 4.24. The number of methoxy groups -OCH3 is 1. The first kappa shape index (κ1) is 15.6. The van der Waals surface area contributed by atoms with Gasteiger partial charge >= 0.3 is 5.97 Å². The summed E-state index contributed by atoms with van der Waals surface area (Å²) in [5.41, 5.74) is -0.777. The van der Waals surface area contributed by atoms with Crippen molar-refractivity contribution in [3.63, 3.8) is 0 Å². The largest absolute Gasteiger partial charge is 0.465 e. The topological polar surface area (TPSA) is 38.3 Å². The molecular weight excluding hydrogens is 398 g/mol. The van der Waals surface area contributed by atoms with Gasteiger partial charge in [-0.3, -0.25) is 0 Å². The van der Waals surface area contributed by atoms with Gasteiger partial charge in [-0.1, -0.05) is 0 Å². The van der Waals surface area contributed by atoms with Crippen molar-refractivity contribution in [2.45, 2.75) is 0 Å². The molecule has 0 aliphatic heterocycles. The molecule has 0 heterocycles. The van der Waals surface area contributed by atoms with E-state index in [2.05, 4.69) is 10.1 Å². The number of halogens is 4. The quantitative estimate of drug-likeness (QED) is 0.611. The lowest BCUT2D eigenvalue weighted by Gasteiger charge is -2.13. The fourth-order valence-electron chi connectivity index (χ4n) is 1.68. The van der Waals surface area contributed by atoms with E-state index in [0.717, 1.165) is 19.2 Å². The number of hydrogen-bond donors (Lipinski definition) is 1. The van der Waals surface area contributed by atoms with Gasteiger partial charge in [-0.2, -0.15) is 0 Å². The van der Waals surface area contributed by atoms with Crippen LogP contribution in [0.2, 0.25) is 0 Å². The molecule has 0 atom stereocenters. The van der Waals surface area contributed by atoms with Crippen molar-refractivity contribution in [3.05, 3.63) is 56.9 Å². The molecule has 1 N–H and O–H groups in total. The Morgan fingerprint density at radius 3 is 2.48 bits per heavy atom. The Labute approximate surface area is 132 Å². The number of carbonyl (C=O) groups excluding carboxylic acids is 1. The minimum Gasteiger partial charge on any atom is -0.465 e. The number of ether oxygens (including phenoxy) is 1. The van der Waals surface area contributed by atoms with E-state index in [1.54, 1.807) is 6.07 Å². The van der Waals surface area contributed by atoms with Crippen LogP contribution < -0.4 is 5.32 Å². The Morgan fingerprint density at radius 1 is 1.14 bits per heavy atom. The highest BCUT2D eigenvalue weighted by atomic mass is 127. The lowest BCUT2D eigenvalue weighted by Crippen LogP contribution is -2.09. The molecule has 0 aliphatic rings. The number of hydrogen-bond acceptors (Lipinski definition) is 3. The van der Waals surface area contributed by atoms with Crippen molar-refractivity contribution in [1.29, 1.82) is 0 Å². The van der Waals surface area contributed by atoms with Crippen LogP contribution in [-0.4, -0.2) is 13.1 Å². The number of anilines is 2. The van der Waals surface area contributed by atoms with Gasteiger partial charge in [0.25, 0.3) is 0 Å². The van der Waals surface area contributed by atoms with Crippen molar-refractivity contribution >= 4 is 39.9 Å². The molecule has 0 saturated heterocycles. The van der Waals surface area contributed by atoms with Crippen molar-refractivity contribution in [2.75, 3.05) is 12.4 Å². The Morgan fingerprint density at radius 2 is 1.86 bits per heavy atom. The van der Waals surface area contributed by atoms with Crippen molar-refractivity contribution in [2.24, 2.45) is 0 Å². The minimum absolute atomic E-state index is 0.0786. The number of benzene rings is 2. The number of esters is 1. The molecule has 2 aromatic rings. The second-order valence-electron chi connectivity index (χ2n) is 4.02. The van der Waals surface area contributed by atoms with Crippen molar-refractivity contribution < 1.29 is 22.7 Å². The van der Waals surface area contributed by atoms with Crippen molar-refractivity contribution in [3.8, 4) is 0 Å². The van der Waals surface area contributed by atoms with Gasteiger partial charge in [0.2, 0.25) is 0 Å². The smallest absolute Gasteiger partial charge is 0.340 e. The first-order valence-electron chi connectivity index (χ1n) is 5.72. The molecule has 0 saturated carbocycles. The molecule has 3 nitrogen and oxygen atoms in total. The Hall–Kier alpha value is -1.77. The van der Waals surface area contributed by atoms with E-state index in [1.807, 2.05) is 22.6 Å². The Kier molecular flexibility index (Phi) is 4.71. The third kappa shape index (κ3) is 3.29. The summed E-state index contributed by atoms with van der Waals surface area (Å²) in [5, 5.41) is 2.40. The fraction of sp³-hybridized carbons (Fsp3) is 0.0714. The zero-order chi connectivity index (χ0) is 15.6. The maximum Gasteiger partial charge on any atom is 0.340 e. The van der Waals surface area contributed by atoms with Crippen LogP contribution in [-0.2, 0) is 4.74 Å². The van der Waals surface area contributed by atoms with E-state index in [0.29, 0.717) is 3.57 Å². The highest BCUT2D eigenvalue weighted by molar-refractivity contribution is 14.1. The molecule has 0 bridgehead atoms. The lowest BCUT2D eigenvalue weighted by atomic mass is 10.1. The zero-order valence-corrected chi connectivity index (χ0v) is 12.9. The summed E-state index contributed by atoms with van der Waals surface area (Å²) in [6.07, 6.45) is 0. The highest BCUT2D eigenvalue weighted by Crippen LogP contribution is 2.28. The monoisotopic (exact) mass is 407 g/mol. The van der Waals surface area contributed by atoms with Crippen LogP contribution in [0.3, 0.4) is 0 Å². The van der Waals surface area contributed by atoms with Crippen LogP contribution in [0.5, 0.6) is 0 Å². The summed E-state index contributed by atoms with van der Waals surface area (Å²) in [4.78, 5) is 11.6. The maximum absolute atomic E-state index is 13.9. The van der Waals surface area contributed by atoms with E-state index in [9.17, 15) is 18.0 Å². The molecule has 0 amide bonds. The normalized spacial score (nSPS) is 10.3. The summed E-state index contributed by atoms with van der Waals surface area (Å²) in [7, 11) is 1.11. The highest BCUT2D eigenvalue weighted by Gasteiger charge is 2.20.